The topological polar surface area (TPSA) is 56.1 Å². The first kappa shape index (κ1) is 18.5. The summed E-state index contributed by atoms with van der Waals surface area (Å²) < 4.78 is 7.20. The van der Waals surface area contributed by atoms with Gasteiger partial charge < -0.3 is 14.6 Å². The second-order valence-electron chi connectivity index (χ2n) is 7.21. The van der Waals surface area contributed by atoms with E-state index in [1.54, 1.807) is 13.3 Å². The van der Waals surface area contributed by atoms with Crippen LogP contribution < -0.4 is 10.1 Å². The molecule has 1 aromatic carbocycles. The maximum atomic E-state index is 12.6. The van der Waals surface area contributed by atoms with Gasteiger partial charge in [0.2, 0.25) is 5.91 Å². The molecule has 1 aromatic heterocycles. The number of amides is 1. The number of carbonyl (C=O) groups excluding carboxylic acids is 1. The van der Waals surface area contributed by atoms with Gasteiger partial charge in [0.05, 0.1) is 7.11 Å². The molecule has 1 fully saturated rings. The SMILES string of the molecule is COc1ccc(C(NC(=O)CCC2CCCCC2)c2nccn2C)cc1. The van der Waals surface area contributed by atoms with E-state index in [-0.39, 0.29) is 11.9 Å². The van der Waals surface area contributed by atoms with Crippen molar-refractivity contribution in [3.8, 4) is 5.75 Å². The van der Waals surface area contributed by atoms with Crippen LogP contribution in [-0.2, 0) is 11.8 Å². The summed E-state index contributed by atoms with van der Waals surface area (Å²) in [4.78, 5) is 17.1. The van der Waals surface area contributed by atoms with Crippen LogP contribution in [0.25, 0.3) is 0 Å². The number of aromatic nitrogens is 2. The summed E-state index contributed by atoms with van der Waals surface area (Å²) in [6.45, 7) is 0. The zero-order chi connectivity index (χ0) is 18.4. The second kappa shape index (κ2) is 8.88. The minimum atomic E-state index is -0.250. The molecule has 1 unspecified atom stereocenters. The van der Waals surface area contributed by atoms with Crippen molar-refractivity contribution in [2.75, 3.05) is 7.11 Å². The Bertz CT molecular complexity index is 702. The molecule has 1 N–H and O–H groups in total. The number of methoxy groups -OCH3 is 1. The first-order valence-electron chi connectivity index (χ1n) is 9.58. The lowest BCUT2D eigenvalue weighted by Gasteiger charge is -2.23. The molecule has 5 nitrogen and oxygen atoms in total. The van der Waals surface area contributed by atoms with Crippen molar-refractivity contribution >= 4 is 5.91 Å². The fourth-order valence-electron chi connectivity index (χ4n) is 3.79. The molecule has 1 aliphatic carbocycles. The van der Waals surface area contributed by atoms with E-state index >= 15 is 0 Å². The number of rotatable bonds is 7. The van der Waals surface area contributed by atoms with Crippen molar-refractivity contribution in [1.29, 1.82) is 0 Å². The standard InChI is InChI=1S/C21H29N3O2/c1-24-15-14-22-21(24)20(17-9-11-18(26-2)12-10-17)23-19(25)13-8-16-6-4-3-5-7-16/h9-12,14-16,20H,3-8,13H2,1-2H3,(H,23,25). The van der Waals surface area contributed by atoms with Gasteiger partial charge in [0, 0.05) is 25.9 Å². The average Bonchev–Trinajstić information content (AvgIpc) is 3.11. The quantitative estimate of drug-likeness (QED) is 0.817. The van der Waals surface area contributed by atoms with E-state index in [1.807, 2.05) is 42.1 Å². The van der Waals surface area contributed by atoms with Gasteiger partial charge in [-0.1, -0.05) is 44.2 Å². The minimum absolute atomic E-state index is 0.0967. The highest BCUT2D eigenvalue weighted by Gasteiger charge is 2.22. The Morgan fingerprint density at radius 3 is 2.62 bits per heavy atom. The third-order valence-corrected chi connectivity index (χ3v) is 5.38. The first-order valence-corrected chi connectivity index (χ1v) is 9.58. The van der Waals surface area contributed by atoms with E-state index in [4.69, 9.17) is 4.74 Å². The number of nitrogens with zero attached hydrogens (tertiary/aromatic N) is 2. The van der Waals surface area contributed by atoms with Crippen LogP contribution in [0, 0.1) is 5.92 Å². The normalized spacial score (nSPS) is 16.2. The average molecular weight is 355 g/mol. The molecule has 0 bridgehead atoms. The molecule has 0 radical (unpaired) electrons. The zero-order valence-corrected chi connectivity index (χ0v) is 15.8. The van der Waals surface area contributed by atoms with Crippen LogP contribution >= 0.6 is 0 Å². The predicted molar refractivity (Wildman–Crippen MR) is 102 cm³/mol. The maximum absolute atomic E-state index is 12.6. The maximum Gasteiger partial charge on any atom is 0.220 e. The first-order chi connectivity index (χ1) is 12.7. The summed E-state index contributed by atoms with van der Waals surface area (Å²) in [6.07, 6.45) is 11.8. The summed E-state index contributed by atoms with van der Waals surface area (Å²) in [5.74, 6) is 2.44. The van der Waals surface area contributed by atoms with Crippen molar-refractivity contribution in [3.05, 3.63) is 48.0 Å². The Hall–Kier alpha value is -2.30. The largest absolute Gasteiger partial charge is 0.497 e. The number of hydrogen-bond donors (Lipinski definition) is 1. The number of benzene rings is 1. The van der Waals surface area contributed by atoms with Crippen LogP contribution in [0.2, 0.25) is 0 Å². The van der Waals surface area contributed by atoms with E-state index < -0.39 is 0 Å². The fraction of sp³-hybridized carbons (Fsp3) is 0.524. The molecule has 5 heteroatoms. The molecule has 140 valence electrons. The van der Waals surface area contributed by atoms with Gasteiger partial charge in [-0.05, 0) is 30.0 Å². The van der Waals surface area contributed by atoms with Crippen LogP contribution in [0.3, 0.4) is 0 Å². The Morgan fingerprint density at radius 1 is 1.27 bits per heavy atom. The summed E-state index contributed by atoms with van der Waals surface area (Å²) >= 11 is 0. The van der Waals surface area contributed by atoms with Crippen molar-refractivity contribution in [2.24, 2.45) is 13.0 Å². The van der Waals surface area contributed by atoms with Gasteiger partial charge in [-0.2, -0.15) is 0 Å². The van der Waals surface area contributed by atoms with Gasteiger partial charge in [-0.15, -0.1) is 0 Å². The molecule has 1 amide bonds. The molecule has 1 aliphatic rings. The lowest BCUT2D eigenvalue weighted by Crippen LogP contribution is -2.31. The summed E-state index contributed by atoms with van der Waals surface area (Å²) in [7, 11) is 3.60. The lowest BCUT2D eigenvalue weighted by molar-refractivity contribution is -0.122. The molecule has 1 heterocycles. The third kappa shape index (κ3) is 4.65. The van der Waals surface area contributed by atoms with Gasteiger partial charge in [0.25, 0.3) is 0 Å². The van der Waals surface area contributed by atoms with Crippen molar-refractivity contribution in [1.82, 2.24) is 14.9 Å². The van der Waals surface area contributed by atoms with Crippen LogP contribution in [0.4, 0.5) is 0 Å². The van der Waals surface area contributed by atoms with Crippen LogP contribution in [0.5, 0.6) is 5.75 Å². The summed E-state index contributed by atoms with van der Waals surface area (Å²) in [5, 5.41) is 3.19. The van der Waals surface area contributed by atoms with Gasteiger partial charge in [0.15, 0.2) is 0 Å². The molecule has 3 rings (SSSR count). The highest BCUT2D eigenvalue weighted by molar-refractivity contribution is 5.76. The van der Waals surface area contributed by atoms with E-state index in [1.165, 1.54) is 32.1 Å². The highest BCUT2D eigenvalue weighted by atomic mass is 16.5. The van der Waals surface area contributed by atoms with Gasteiger partial charge in [0.1, 0.15) is 17.6 Å². The van der Waals surface area contributed by atoms with Crippen molar-refractivity contribution < 1.29 is 9.53 Å². The molecule has 0 spiro atoms. The molecular formula is C21H29N3O2. The molecule has 0 aliphatic heterocycles. The molecular weight excluding hydrogens is 326 g/mol. The fourth-order valence-corrected chi connectivity index (χ4v) is 3.79. The summed E-state index contributed by atoms with van der Waals surface area (Å²) in [6, 6.07) is 7.55. The van der Waals surface area contributed by atoms with Crippen LogP contribution in [-0.4, -0.2) is 22.6 Å². The molecule has 26 heavy (non-hydrogen) atoms. The van der Waals surface area contributed by atoms with Crippen molar-refractivity contribution in [3.63, 3.8) is 0 Å². The monoisotopic (exact) mass is 355 g/mol. The van der Waals surface area contributed by atoms with Gasteiger partial charge in [-0.3, -0.25) is 4.79 Å². The van der Waals surface area contributed by atoms with Crippen molar-refractivity contribution in [2.45, 2.75) is 51.0 Å². The second-order valence-corrected chi connectivity index (χ2v) is 7.21. The van der Waals surface area contributed by atoms with E-state index in [0.717, 1.165) is 23.6 Å². The number of aryl methyl sites for hydroxylation is 1. The summed E-state index contributed by atoms with van der Waals surface area (Å²) in [5.41, 5.74) is 1.01. The number of hydrogen-bond acceptors (Lipinski definition) is 3. The minimum Gasteiger partial charge on any atom is -0.497 e. The Kier molecular flexibility index (Phi) is 6.31. The molecule has 0 saturated heterocycles. The van der Waals surface area contributed by atoms with Gasteiger partial charge in [-0.25, -0.2) is 4.98 Å². The third-order valence-electron chi connectivity index (χ3n) is 5.38. The number of imidazole rings is 1. The van der Waals surface area contributed by atoms with E-state index in [2.05, 4.69) is 10.3 Å². The Morgan fingerprint density at radius 2 is 2.00 bits per heavy atom. The highest BCUT2D eigenvalue weighted by Crippen LogP contribution is 2.28. The number of carbonyl (C=O) groups is 1. The number of ether oxygens (including phenoxy) is 1. The number of nitrogens with one attached hydrogen (secondary N) is 1. The smallest absolute Gasteiger partial charge is 0.220 e. The van der Waals surface area contributed by atoms with Crippen LogP contribution in [0.1, 0.15) is 62.4 Å². The van der Waals surface area contributed by atoms with E-state index in [9.17, 15) is 4.79 Å². The molecule has 1 atom stereocenters. The molecule has 2 aromatic rings. The molecule has 1 saturated carbocycles. The Labute approximate surface area is 155 Å². The zero-order valence-electron chi connectivity index (χ0n) is 15.8. The van der Waals surface area contributed by atoms with E-state index in [0.29, 0.717) is 12.3 Å². The van der Waals surface area contributed by atoms with Gasteiger partial charge >= 0.3 is 0 Å². The van der Waals surface area contributed by atoms with Crippen LogP contribution in [0.15, 0.2) is 36.7 Å². The lowest BCUT2D eigenvalue weighted by atomic mass is 9.86. The Balaban J connectivity index is 1.69. The predicted octanol–water partition coefficient (Wildman–Crippen LogP) is 3.99.